The van der Waals surface area contributed by atoms with Crippen molar-refractivity contribution in [2.24, 2.45) is 5.92 Å². The summed E-state index contributed by atoms with van der Waals surface area (Å²) < 4.78 is 7.16. The molecule has 6 heterocycles. The number of aryl methyl sites for hydroxylation is 1. The first-order chi connectivity index (χ1) is 28.5. The van der Waals surface area contributed by atoms with Crippen LogP contribution in [0, 0.1) is 5.92 Å². The van der Waals surface area contributed by atoms with Crippen molar-refractivity contribution >= 4 is 75.2 Å². The Kier molecular flexibility index (Phi) is 11.2. The molecule has 4 aromatic rings. The van der Waals surface area contributed by atoms with E-state index < -0.39 is 29.7 Å². The lowest BCUT2D eigenvalue weighted by Crippen LogP contribution is -2.54. The number of halogens is 1. The fourth-order valence-corrected chi connectivity index (χ4v) is 8.56. The Balaban J connectivity index is 0.864. The van der Waals surface area contributed by atoms with Gasteiger partial charge in [0, 0.05) is 76.9 Å². The van der Waals surface area contributed by atoms with Gasteiger partial charge in [-0.2, -0.15) is 4.98 Å². The van der Waals surface area contributed by atoms with E-state index >= 15 is 0 Å². The second-order valence-electron chi connectivity index (χ2n) is 15.1. The van der Waals surface area contributed by atoms with E-state index in [1.165, 1.54) is 7.05 Å². The smallest absolute Gasteiger partial charge is 0.293 e. The summed E-state index contributed by atoms with van der Waals surface area (Å²) in [5.74, 6) is -0.782. The third-order valence-corrected chi connectivity index (χ3v) is 11.9. The minimum atomic E-state index is -0.997. The molecule has 3 N–H and O–H groups in total. The van der Waals surface area contributed by atoms with Crippen LogP contribution in [0.15, 0.2) is 53.5 Å². The average Bonchev–Trinajstić information content (AvgIpc) is 3.50. The number of piperazine rings is 1. The molecule has 0 spiro atoms. The fourth-order valence-electron chi connectivity index (χ4n) is 8.42. The quantitative estimate of drug-likeness (QED) is 0.187. The number of hydrogen-bond acceptors (Lipinski definition) is 13. The number of likely N-dealkylation sites (N-methyl/N-ethyl adjacent to an activating group) is 1. The van der Waals surface area contributed by atoms with Gasteiger partial charge in [0.25, 0.3) is 23.3 Å². The Morgan fingerprint density at radius 2 is 1.73 bits per heavy atom. The van der Waals surface area contributed by atoms with Crippen molar-refractivity contribution in [1.29, 1.82) is 0 Å². The largest absolute Gasteiger partial charge is 0.478 e. The first kappa shape index (κ1) is 39.7. The Labute approximate surface area is 344 Å². The van der Waals surface area contributed by atoms with Gasteiger partial charge in [-0.3, -0.25) is 43.9 Å². The first-order valence-corrected chi connectivity index (χ1v) is 20.3. The van der Waals surface area contributed by atoms with Crippen LogP contribution in [0.3, 0.4) is 0 Å². The second-order valence-corrected chi connectivity index (χ2v) is 15.6. The molecule has 59 heavy (non-hydrogen) atoms. The molecule has 1 atom stereocenters. The van der Waals surface area contributed by atoms with Crippen molar-refractivity contribution in [2.75, 3.05) is 74.6 Å². The molecule has 3 saturated heterocycles. The zero-order valence-corrected chi connectivity index (χ0v) is 33.6. The van der Waals surface area contributed by atoms with Crippen LogP contribution in [-0.4, -0.2) is 119 Å². The number of amides is 5. The normalized spacial score (nSPS) is 19.0. The van der Waals surface area contributed by atoms with Gasteiger partial charge in [0.15, 0.2) is 18.2 Å². The minimum absolute atomic E-state index is 0.0779. The van der Waals surface area contributed by atoms with Gasteiger partial charge >= 0.3 is 0 Å². The molecule has 4 aliphatic rings. The van der Waals surface area contributed by atoms with Crippen LogP contribution >= 0.6 is 11.6 Å². The molecule has 8 rings (SSSR count). The van der Waals surface area contributed by atoms with Crippen LogP contribution in [0.25, 0.3) is 10.9 Å². The molecule has 2 aromatic heterocycles. The van der Waals surface area contributed by atoms with Crippen LogP contribution in [0.2, 0.25) is 5.02 Å². The lowest BCUT2D eigenvalue weighted by Gasteiger charge is -2.39. The van der Waals surface area contributed by atoms with Crippen molar-refractivity contribution in [2.45, 2.75) is 45.2 Å². The molecule has 0 bridgehead atoms. The minimum Gasteiger partial charge on any atom is -0.478 e. The summed E-state index contributed by atoms with van der Waals surface area (Å²) in [7, 11) is 1.50. The van der Waals surface area contributed by atoms with Gasteiger partial charge < -0.3 is 29.7 Å². The maximum absolute atomic E-state index is 13.7. The molecule has 2 aromatic carbocycles. The number of ether oxygens (including phenoxy) is 1. The number of nitrogens with one attached hydrogen (secondary N) is 3. The molecule has 5 amide bonds. The van der Waals surface area contributed by atoms with E-state index in [1.807, 2.05) is 31.2 Å². The van der Waals surface area contributed by atoms with Crippen molar-refractivity contribution in [1.82, 2.24) is 35.0 Å². The number of carbonyl (C=O) groups excluding carboxylic acids is 5. The monoisotopic (exact) mass is 824 g/mol. The highest BCUT2D eigenvalue weighted by atomic mass is 35.5. The topological polar surface area (TPSA) is 191 Å². The van der Waals surface area contributed by atoms with Crippen LogP contribution in [0.5, 0.6) is 5.75 Å². The van der Waals surface area contributed by atoms with Crippen LogP contribution in [0.4, 0.5) is 23.1 Å². The van der Waals surface area contributed by atoms with Gasteiger partial charge in [0.2, 0.25) is 17.8 Å². The Bertz CT molecular complexity index is 2410. The van der Waals surface area contributed by atoms with Gasteiger partial charge in [-0.05, 0) is 68.5 Å². The summed E-state index contributed by atoms with van der Waals surface area (Å²) in [4.78, 5) is 93.2. The maximum Gasteiger partial charge on any atom is 0.293 e. The van der Waals surface area contributed by atoms with Gasteiger partial charge in [-0.15, -0.1) is 0 Å². The van der Waals surface area contributed by atoms with Crippen molar-refractivity contribution < 1.29 is 28.7 Å². The van der Waals surface area contributed by atoms with E-state index in [1.54, 1.807) is 29.0 Å². The Hall–Kier alpha value is -6.07. The van der Waals surface area contributed by atoms with Crippen LogP contribution in [0.1, 0.15) is 53.3 Å². The Morgan fingerprint density at radius 3 is 2.46 bits per heavy atom. The zero-order valence-electron chi connectivity index (χ0n) is 32.8. The summed E-state index contributed by atoms with van der Waals surface area (Å²) in [6.45, 7) is 7.57. The number of piperidine rings is 2. The van der Waals surface area contributed by atoms with E-state index in [-0.39, 0.29) is 36.7 Å². The predicted octanol–water partition coefficient (Wildman–Crippen LogP) is 2.77. The SMILES string of the molecule is CCn1c(=O)c(OCC(=O)NC)cc2cc(Nc3nc(N4CCN(CC5CCN(c6cccc7c6C(=O)N(C6CCC(=O)NC6=O)C7=O)CC5)CC4)ncc3Cl)ccc21. The number of rotatable bonds is 11. The van der Waals surface area contributed by atoms with Crippen molar-refractivity contribution in [3.8, 4) is 5.75 Å². The number of pyridine rings is 1. The number of anilines is 4. The highest BCUT2D eigenvalue weighted by Crippen LogP contribution is 2.36. The summed E-state index contributed by atoms with van der Waals surface area (Å²) in [5, 5.41) is 9.15. The third-order valence-electron chi connectivity index (χ3n) is 11.6. The van der Waals surface area contributed by atoms with Crippen molar-refractivity contribution in [3.63, 3.8) is 0 Å². The van der Waals surface area contributed by atoms with Crippen LogP contribution in [-0.2, 0) is 20.9 Å². The number of imide groups is 2. The van der Waals surface area contributed by atoms with Gasteiger partial charge in [-0.1, -0.05) is 17.7 Å². The molecular weight excluding hydrogens is 780 g/mol. The highest BCUT2D eigenvalue weighted by molar-refractivity contribution is 6.33. The van der Waals surface area contributed by atoms with E-state index in [2.05, 4.69) is 35.6 Å². The first-order valence-electron chi connectivity index (χ1n) is 19.9. The number of hydrogen-bond donors (Lipinski definition) is 3. The lowest BCUT2D eigenvalue weighted by molar-refractivity contribution is -0.136. The predicted molar refractivity (Wildman–Crippen MR) is 220 cm³/mol. The van der Waals surface area contributed by atoms with Crippen LogP contribution < -0.4 is 36.0 Å². The van der Waals surface area contributed by atoms with E-state index in [4.69, 9.17) is 21.3 Å². The third kappa shape index (κ3) is 7.91. The van der Waals surface area contributed by atoms with E-state index in [9.17, 15) is 28.8 Å². The molecule has 18 heteroatoms. The number of carbonyl (C=O) groups is 5. The summed E-state index contributed by atoms with van der Waals surface area (Å²) in [6, 6.07) is 11.5. The standard InChI is InChI=1S/C41H45ClN10O7/c1-3-51-29-8-7-26(19-25(29)20-32(39(51)57)59-23-34(54)43-2)45-36-28(42)21-44-41(47-36)50-17-15-48(16-18-50)22-24-11-13-49(14-12-24)30-6-4-5-27-35(30)40(58)52(38(27)56)31-9-10-33(53)46-37(31)55/h4-8,19-21,24,31H,3,9-18,22-23H2,1-2H3,(H,43,54)(H,44,45,47)(H,46,53,55). The number of fused-ring (bicyclic) bond motifs is 2. The van der Waals surface area contributed by atoms with Gasteiger partial charge in [0.1, 0.15) is 11.1 Å². The zero-order chi connectivity index (χ0) is 41.4. The fraction of sp³-hybridized carbons (Fsp3) is 0.415. The molecular formula is C41H45ClN10O7. The molecule has 0 radical (unpaired) electrons. The lowest BCUT2D eigenvalue weighted by atomic mass is 9.94. The highest BCUT2D eigenvalue weighted by Gasteiger charge is 2.46. The maximum atomic E-state index is 13.7. The summed E-state index contributed by atoms with van der Waals surface area (Å²) in [5.41, 5.74) is 2.45. The van der Waals surface area contributed by atoms with Gasteiger partial charge in [0.05, 0.1) is 28.5 Å². The number of nitrogens with zero attached hydrogens (tertiary/aromatic N) is 7. The molecule has 308 valence electrons. The molecule has 4 aliphatic heterocycles. The van der Waals surface area contributed by atoms with E-state index in [0.717, 1.165) is 74.5 Å². The van der Waals surface area contributed by atoms with E-state index in [0.29, 0.717) is 51.8 Å². The average molecular weight is 825 g/mol. The molecule has 1 unspecified atom stereocenters. The number of benzene rings is 2. The molecule has 17 nitrogen and oxygen atoms in total. The van der Waals surface area contributed by atoms with Gasteiger partial charge in [-0.25, -0.2) is 4.98 Å². The number of aromatic nitrogens is 3. The molecule has 0 aliphatic carbocycles. The van der Waals surface area contributed by atoms with Crippen molar-refractivity contribution in [3.05, 3.63) is 75.2 Å². The molecule has 3 fully saturated rings. The summed E-state index contributed by atoms with van der Waals surface area (Å²) in [6.07, 6.45) is 3.64. The molecule has 0 saturated carbocycles. The summed E-state index contributed by atoms with van der Waals surface area (Å²) >= 11 is 6.57. The Morgan fingerprint density at radius 1 is 0.949 bits per heavy atom. The second kappa shape index (κ2) is 16.7.